The van der Waals surface area contributed by atoms with Gasteiger partial charge >= 0.3 is 0 Å². The summed E-state index contributed by atoms with van der Waals surface area (Å²) < 4.78 is 5.63. The van der Waals surface area contributed by atoms with Gasteiger partial charge < -0.3 is 9.64 Å². The van der Waals surface area contributed by atoms with Gasteiger partial charge in [-0.05, 0) is 49.2 Å². The van der Waals surface area contributed by atoms with Gasteiger partial charge in [-0.2, -0.15) is 5.10 Å². The zero-order valence-electron chi connectivity index (χ0n) is 19.7. The number of carbonyl (C=O) groups is 1. The fourth-order valence-electron chi connectivity index (χ4n) is 4.55. The zero-order chi connectivity index (χ0) is 22.7. The fourth-order valence-corrected chi connectivity index (χ4v) is 4.55. The predicted molar refractivity (Wildman–Crippen MR) is 128 cm³/mol. The third-order valence-electron chi connectivity index (χ3n) is 6.77. The van der Waals surface area contributed by atoms with E-state index in [0.29, 0.717) is 13.0 Å². The van der Waals surface area contributed by atoms with Crippen LogP contribution < -0.4 is 4.74 Å². The molecule has 0 aromatic heterocycles. The van der Waals surface area contributed by atoms with Crippen LogP contribution in [-0.4, -0.2) is 72.8 Å². The van der Waals surface area contributed by atoms with Gasteiger partial charge in [-0.3, -0.25) is 9.69 Å². The summed E-state index contributed by atoms with van der Waals surface area (Å²) in [4.78, 5) is 18.1. The van der Waals surface area contributed by atoms with Crippen molar-refractivity contribution in [1.29, 1.82) is 0 Å². The van der Waals surface area contributed by atoms with Crippen LogP contribution in [0.3, 0.4) is 0 Å². The highest BCUT2D eigenvalue weighted by atomic mass is 16.5. The summed E-state index contributed by atoms with van der Waals surface area (Å²) in [5, 5.41) is 6.57. The molecular formula is C26H34N4O2. The number of benzene rings is 2. The van der Waals surface area contributed by atoms with Crippen molar-refractivity contribution in [2.45, 2.75) is 33.2 Å². The number of ether oxygens (including phenoxy) is 1. The first-order chi connectivity index (χ1) is 15.5. The molecular weight excluding hydrogens is 400 g/mol. The number of hydrogen-bond donors (Lipinski definition) is 0. The Balaban J connectivity index is 1.60. The van der Waals surface area contributed by atoms with Gasteiger partial charge in [0.15, 0.2) is 0 Å². The molecule has 1 fully saturated rings. The lowest BCUT2D eigenvalue weighted by molar-refractivity contribution is -0.134. The van der Waals surface area contributed by atoms with E-state index in [9.17, 15) is 4.79 Å². The van der Waals surface area contributed by atoms with Gasteiger partial charge in [-0.15, -0.1) is 0 Å². The maximum Gasteiger partial charge on any atom is 0.257 e. The van der Waals surface area contributed by atoms with Crippen LogP contribution in [0.4, 0.5) is 0 Å². The molecule has 0 saturated carbocycles. The molecule has 1 atom stereocenters. The van der Waals surface area contributed by atoms with Gasteiger partial charge in [0.05, 0.1) is 25.4 Å². The Kier molecular flexibility index (Phi) is 6.92. The number of piperazine rings is 1. The normalized spacial score (nSPS) is 19.8. The summed E-state index contributed by atoms with van der Waals surface area (Å²) in [5.41, 5.74) is 5.53. The molecule has 1 amide bonds. The Hall–Kier alpha value is -2.70. The van der Waals surface area contributed by atoms with E-state index in [2.05, 4.69) is 48.8 Å². The summed E-state index contributed by atoms with van der Waals surface area (Å²) >= 11 is 0. The van der Waals surface area contributed by atoms with E-state index in [1.165, 1.54) is 11.1 Å². The molecule has 2 aromatic rings. The first-order valence-corrected chi connectivity index (χ1v) is 11.5. The second kappa shape index (κ2) is 9.84. The number of methoxy groups -OCH3 is 1. The summed E-state index contributed by atoms with van der Waals surface area (Å²) in [6.45, 7) is 11.7. The van der Waals surface area contributed by atoms with Crippen LogP contribution in [0, 0.1) is 13.8 Å². The highest BCUT2D eigenvalue weighted by molar-refractivity contribution is 6.03. The van der Waals surface area contributed by atoms with E-state index < -0.39 is 0 Å². The highest BCUT2D eigenvalue weighted by Gasteiger charge is 2.35. The molecule has 0 aliphatic carbocycles. The van der Waals surface area contributed by atoms with E-state index in [0.717, 1.165) is 55.3 Å². The minimum Gasteiger partial charge on any atom is -0.496 e. The smallest absolute Gasteiger partial charge is 0.257 e. The standard InChI is InChI=1S/C26H34N4O2/c1-5-28-12-14-29(15-13-28)18-26(31)30-24(22-8-6-7-9-25(22)32-4)17-23(27-30)21-11-10-19(2)20(3)16-21/h6-11,16,24H,5,12-15,17-18H2,1-4H3/t24-/m1/s1. The van der Waals surface area contributed by atoms with Crippen LogP contribution in [0.5, 0.6) is 5.75 Å². The zero-order valence-corrected chi connectivity index (χ0v) is 19.7. The van der Waals surface area contributed by atoms with Gasteiger partial charge in [0, 0.05) is 38.2 Å². The number of nitrogens with zero attached hydrogens (tertiary/aromatic N) is 4. The largest absolute Gasteiger partial charge is 0.496 e. The molecule has 170 valence electrons. The molecule has 0 bridgehead atoms. The molecule has 0 unspecified atom stereocenters. The SMILES string of the molecule is CCN1CCN(CC(=O)N2N=C(c3ccc(C)c(C)c3)C[C@@H]2c2ccccc2OC)CC1. The van der Waals surface area contributed by atoms with Gasteiger partial charge in [-0.25, -0.2) is 5.01 Å². The molecule has 6 heteroatoms. The van der Waals surface area contributed by atoms with Crippen molar-refractivity contribution in [3.63, 3.8) is 0 Å². The van der Waals surface area contributed by atoms with Crippen molar-refractivity contribution in [3.8, 4) is 5.75 Å². The van der Waals surface area contributed by atoms with Gasteiger partial charge in [0.2, 0.25) is 0 Å². The van der Waals surface area contributed by atoms with Crippen LogP contribution in [0.2, 0.25) is 0 Å². The number of hydrazone groups is 1. The highest BCUT2D eigenvalue weighted by Crippen LogP contribution is 2.37. The van der Waals surface area contributed by atoms with E-state index in [4.69, 9.17) is 9.84 Å². The molecule has 2 heterocycles. The monoisotopic (exact) mass is 434 g/mol. The molecule has 2 aliphatic heterocycles. The summed E-state index contributed by atoms with van der Waals surface area (Å²) in [5.74, 6) is 0.841. The van der Waals surface area contributed by atoms with Crippen molar-refractivity contribution < 1.29 is 9.53 Å². The topological polar surface area (TPSA) is 48.4 Å². The minimum atomic E-state index is -0.160. The van der Waals surface area contributed by atoms with E-state index >= 15 is 0 Å². The third kappa shape index (κ3) is 4.71. The Bertz CT molecular complexity index is 995. The van der Waals surface area contributed by atoms with Crippen molar-refractivity contribution in [2.24, 2.45) is 5.10 Å². The lowest BCUT2D eigenvalue weighted by Crippen LogP contribution is -2.49. The summed E-state index contributed by atoms with van der Waals surface area (Å²) in [6.07, 6.45) is 0.679. The van der Waals surface area contributed by atoms with Crippen molar-refractivity contribution in [1.82, 2.24) is 14.8 Å². The number of aryl methyl sites for hydroxylation is 2. The molecule has 0 radical (unpaired) electrons. The van der Waals surface area contributed by atoms with Crippen molar-refractivity contribution in [2.75, 3.05) is 46.4 Å². The second-order valence-corrected chi connectivity index (χ2v) is 8.76. The molecule has 32 heavy (non-hydrogen) atoms. The Morgan fingerprint density at radius 2 is 1.75 bits per heavy atom. The minimum absolute atomic E-state index is 0.0460. The summed E-state index contributed by atoms with van der Waals surface area (Å²) in [7, 11) is 1.68. The van der Waals surface area contributed by atoms with Gasteiger partial charge in [-0.1, -0.05) is 37.3 Å². The molecule has 0 N–H and O–H groups in total. The third-order valence-corrected chi connectivity index (χ3v) is 6.77. The lowest BCUT2D eigenvalue weighted by atomic mass is 9.96. The number of likely N-dealkylation sites (N-methyl/N-ethyl adjacent to an activating group) is 1. The quantitative estimate of drug-likeness (QED) is 0.697. The van der Waals surface area contributed by atoms with Crippen LogP contribution in [0.1, 0.15) is 41.6 Å². The molecule has 1 saturated heterocycles. The second-order valence-electron chi connectivity index (χ2n) is 8.76. The number of para-hydroxylation sites is 1. The average molecular weight is 435 g/mol. The number of rotatable bonds is 6. The van der Waals surface area contributed by atoms with Crippen LogP contribution in [0.15, 0.2) is 47.6 Å². The Labute approximate surface area is 191 Å². The lowest BCUT2D eigenvalue weighted by Gasteiger charge is -2.34. The molecule has 0 spiro atoms. The Morgan fingerprint density at radius 3 is 2.44 bits per heavy atom. The molecule has 2 aliphatic rings. The molecule has 2 aromatic carbocycles. The molecule has 4 rings (SSSR count). The fraction of sp³-hybridized carbons (Fsp3) is 0.462. The van der Waals surface area contributed by atoms with Crippen molar-refractivity contribution >= 4 is 11.6 Å². The van der Waals surface area contributed by atoms with E-state index in [1.807, 2.05) is 24.3 Å². The Morgan fingerprint density at radius 1 is 1.03 bits per heavy atom. The van der Waals surface area contributed by atoms with Gasteiger partial charge in [0.25, 0.3) is 5.91 Å². The molecule has 6 nitrogen and oxygen atoms in total. The maximum absolute atomic E-state index is 13.5. The van der Waals surface area contributed by atoms with Gasteiger partial charge in [0.1, 0.15) is 5.75 Å². The first-order valence-electron chi connectivity index (χ1n) is 11.5. The van der Waals surface area contributed by atoms with E-state index in [-0.39, 0.29) is 11.9 Å². The van der Waals surface area contributed by atoms with Crippen LogP contribution in [0.25, 0.3) is 0 Å². The number of hydrogen-bond acceptors (Lipinski definition) is 5. The number of amides is 1. The first kappa shape index (κ1) is 22.5. The summed E-state index contributed by atoms with van der Waals surface area (Å²) in [6, 6.07) is 14.2. The van der Waals surface area contributed by atoms with E-state index in [1.54, 1.807) is 12.1 Å². The van der Waals surface area contributed by atoms with Crippen LogP contribution >= 0.6 is 0 Å². The maximum atomic E-state index is 13.5. The predicted octanol–water partition coefficient (Wildman–Crippen LogP) is 3.63. The van der Waals surface area contributed by atoms with Crippen LogP contribution in [-0.2, 0) is 4.79 Å². The average Bonchev–Trinajstić information content (AvgIpc) is 3.27. The number of carbonyl (C=O) groups excluding carboxylic acids is 1. The van der Waals surface area contributed by atoms with Crippen molar-refractivity contribution in [3.05, 3.63) is 64.7 Å².